The average Bonchev–Trinajstić information content (AvgIpc) is 3.04. The van der Waals surface area contributed by atoms with Crippen LogP contribution in [0.2, 0.25) is 0 Å². The fourth-order valence-electron chi connectivity index (χ4n) is 3.87. The third kappa shape index (κ3) is 5.00. The molecule has 1 heterocycles. The van der Waals surface area contributed by atoms with Crippen molar-refractivity contribution in [3.8, 4) is 0 Å². The molecule has 150 valence electrons. The van der Waals surface area contributed by atoms with Gasteiger partial charge in [-0.05, 0) is 54.7 Å². The van der Waals surface area contributed by atoms with Crippen LogP contribution in [0.15, 0.2) is 29.4 Å². The van der Waals surface area contributed by atoms with Crippen molar-refractivity contribution >= 4 is 17.8 Å². The molecule has 1 aliphatic carbocycles. The first-order chi connectivity index (χ1) is 13.2. The zero-order valence-electron chi connectivity index (χ0n) is 17.5. The van der Waals surface area contributed by atoms with Gasteiger partial charge in [-0.2, -0.15) is 10.2 Å². The number of aromatic nitrogens is 2. The maximum absolute atomic E-state index is 12.6. The number of amides is 1. The summed E-state index contributed by atoms with van der Waals surface area (Å²) in [4.78, 5) is 14.6. The molecule has 28 heavy (non-hydrogen) atoms. The molecule has 1 unspecified atom stereocenters. The molecule has 1 amide bonds. The van der Waals surface area contributed by atoms with Gasteiger partial charge in [0.1, 0.15) is 0 Å². The summed E-state index contributed by atoms with van der Waals surface area (Å²) < 4.78 is 0. The molecule has 0 saturated carbocycles. The van der Waals surface area contributed by atoms with E-state index in [2.05, 4.69) is 41.5 Å². The van der Waals surface area contributed by atoms with Crippen LogP contribution >= 0.6 is 0 Å². The molecule has 1 aliphatic rings. The van der Waals surface area contributed by atoms with Crippen molar-refractivity contribution in [2.24, 2.45) is 16.4 Å². The highest BCUT2D eigenvalue weighted by molar-refractivity contribution is 5.94. The smallest absolute Gasteiger partial charge is 0.292 e. The lowest BCUT2D eigenvalue weighted by Crippen LogP contribution is -2.24. The number of nitrogens with one attached hydrogen (secondary N) is 2. The van der Waals surface area contributed by atoms with Gasteiger partial charge >= 0.3 is 0 Å². The number of H-pyrrole nitrogens is 1. The highest BCUT2D eigenvalue weighted by Gasteiger charge is 2.28. The van der Waals surface area contributed by atoms with E-state index in [1.807, 2.05) is 43.3 Å². The lowest BCUT2D eigenvalue weighted by molar-refractivity contribution is 0.0948. The van der Waals surface area contributed by atoms with E-state index in [0.29, 0.717) is 17.0 Å². The topological polar surface area (TPSA) is 73.4 Å². The number of anilines is 1. The summed E-state index contributed by atoms with van der Waals surface area (Å²) in [7, 11) is 4.00. The molecule has 0 aliphatic heterocycles. The average molecular weight is 382 g/mol. The van der Waals surface area contributed by atoms with Crippen molar-refractivity contribution in [3.63, 3.8) is 0 Å². The van der Waals surface area contributed by atoms with E-state index in [-0.39, 0.29) is 5.91 Å². The molecule has 0 radical (unpaired) electrons. The summed E-state index contributed by atoms with van der Waals surface area (Å²) in [6.07, 6.45) is 5.81. The second-order valence-corrected chi connectivity index (χ2v) is 9.09. The van der Waals surface area contributed by atoms with Gasteiger partial charge in [-0.15, -0.1) is 0 Å². The largest absolute Gasteiger partial charge is 0.378 e. The van der Waals surface area contributed by atoms with E-state index >= 15 is 0 Å². The molecule has 0 bridgehead atoms. The van der Waals surface area contributed by atoms with Crippen LogP contribution in [0.5, 0.6) is 0 Å². The molecule has 6 nitrogen and oxygen atoms in total. The Hall–Kier alpha value is -2.63. The van der Waals surface area contributed by atoms with Gasteiger partial charge in [0.15, 0.2) is 5.69 Å². The summed E-state index contributed by atoms with van der Waals surface area (Å²) >= 11 is 0. The monoisotopic (exact) mass is 381 g/mol. The van der Waals surface area contributed by atoms with E-state index in [1.54, 1.807) is 6.21 Å². The molecular formula is C22H31N5O. The lowest BCUT2D eigenvalue weighted by Gasteiger charge is -2.28. The van der Waals surface area contributed by atoms with Crippen molar-refractivity contribution in [2.75, 3.05) is 19.0 Å². The number of benzene rings is 1. The summed E-state index contributed by atoms with van der Waals surface area (Å²) in [6, 6.07) is 7.97. The van der Waals surface area contributed by atoms with Gasteiger partial charge in [0.25, 0.3) is 5.91 Å². The minimum atomic E-state index is -0.255. The number of hydrogen-bond acceptors (Lipinski definition) is 4. The van der Waals surface area contributed by atoms with Crippen molar-refractivity contribution in [1.82, 2.24) is 15.6 Å². The van der Waals surface area contributed by atoms with Gasteiger partial charge in [-0.25, -0.2) is 5.43 Å². The molecule has 2 aromatic rings. The third-order valence-electron chi connectivity index (χ3n) is 5.15. The Morgan fingerprint density at radius 3 is 2.68 bits per heavy atom. The van der Waals surface area contributed by atoms with Crippen LogP contribution in [-0.4, -0.2) is 36.4 Å². The number of hydrogen-bond donors (Lipinski definition) is 2. The van der Waals surface area contributed by atoms with Crippen LogP contribution in [0.4, 0.5) is 5.69 Å². The number of aryl methyl sites for hydroxylation is 1. The minimum absolute atomic E-state index is 0.255. The van der Waals surface area contributed by atoms with Crippen molar-refractivity contribution in [2.45, 2.75) is 46.5 Å². The summed E-state index contributed by atoms with van der Waals surface area (Å²) in [6.45, 7) is 6.81. The molecule has 6 heteroatoms. The minimum Gasteiger partial charge on any atom is -0.378 e. The fraction of sp³-hybridized carbons (Fsp3) is 0.500. The van der Waals surface area contributed by atoms with Gasteiger partial charge < -0.3 is 4.90 Å². The zero-order chi connectivity index (χ0) is 20.3. The van der Waals surface area contributed by atoms with E-state index in [1.165, 1.54) is 0 Å². The predicted octanol–water partition coefficient (Wildman–Crippen LogP) is 3.78. The fourth-order valence-corrected chi connectivity index (χ4v) is 3.87. The molecule has 1 aromatic carbocycles. The lowest BCUT2D eigenvalue weighted by atomic mass is 9.76. The number of rotatable bonds is 5. The number of hydrazone groups is 1. The number of aromatic amines is 1. The van der Waals surface area contributed by atoms with E-state index in [0.717, 1.165) is 48.2 Å². The Morgan fingerprint density at radius 1 is 1.32 bits per heavy atom. The summed E-state index contributed by atoms with van der Waals surface area (Å²) in [5.41, 5.74) is 7.60. The van der Waals surface area contributed by atoms with Crippen molar-refractivity contribution in [3.05, 3.63) is 46.8 Å². The zero-order valence-corrected chi connectivity index (χ0v) is 17.5. The molecule has 0 spiro atoms. The van der Waals surface area contributed by atoms with Gasteiger partial charge in [0, 0.05) is 31.0 Å². The number of fused-ring (bicyclic) bond motifs is 1. The quantitative estimate of drug-likeness (QED) is 0.611. The third-order valence-corrected chi connectivity index (χ3v) is 5.15. The number of carbonyl (C=O) groups excluding carboxylic acids is 1. The Bertz CT molecular complexity index is 843. The molecule has 1 atom stereocenters. The SMILES string of the molecule is CN(C)c1ccc(/C=N/NC(=O)c2n[nH]c3c2CC(CC(C)(C)C)CC3)cc1. The first kappa shape index (κ1) is 20.1. The highest BCUT2D eigenvalue weighted by atomic mass is 16.2. The van der Waals surface area contributed by atoms with Crippen LogP contribution in [0.1, 0.15) is 60.9 Å². The first-order valence-corrected chi connectivity index (χ1v) is 9.90. The Balaban J connectivity index is 1.63. The maximum atomic E-state index is 12.6. The molecule has 3 rings (SSSR count). The Morgan fingerprint density at radius 2 is 2.04 bits per heavy atom. The van der Waals surface area contributed by atoms with Gasteiger partial charge in [0.2, 0.25) is 0 Å². The maximum Gasteiger partial charge on any atom is 0.292 e. The normalized spacial score (nSPS) is 16.8. The van der Waals surface area contributed by atoms with Crippen LogP contribution < -0.4 is 10.3 Å². The van der Waals surface area contributed by atoms with E-state index in [9.17, 15) is 4.79 Å². The molecule has 0 fully saturated rings. The summed E-state index contributed by atoms with van der Waals surface area (Å²) in [5, 5.41) is 11.4. The first-order valence-electron chi connectivity index (χ1n) is 9.90. The second-order valence-electron chi connectivity index (χ2n) is 9.09. The number of carbonyl (C=O) groups is 1. The molecular weight excluding hydrogens is 350 g/mol. The Labute approximate surface area is 167 Å². The van der Waals surface area contributed by atoms with Gasteiger partial charge in [-0.3, -0.25) is 9.89 Å². The van der Waals surface area contributed by atoms with Gasteiger partial charge in [0.05, 0.1) is 6.21 Å². The van der Waals surface area contributed by atoms with Crippen LogP contribution in [-0.2, 0) is 12.8 Å². The summed E-state index contributed by atoms with van der Waals surface area (Å²) in [5.74, 6) is 0.338. The van der Waals surface area contributed by atoms with Crippen molar-refractivity contribution in [1.29, 1.82) is 0 Å². The number of nitrogens with zero attached hydrogens (tertiary/aromatic N) is 3. The Kier molecular flexibility index (Phi) is 5.87. The van der Waals surface area contributed by atoms with Crippen LogP contribution in [0.25, 0.3) is 0 Å². The molecule has 1 aromatic heterocycles. The standard InChI is InChI=1S/C22H31N5O/c1-22(2,3)13-16-8-11-19-18(12-16)20(25-24-19)21(28)26-23-14-15-6-9-17(10-7-15)27(4)5/h6-7,9-10,14,16H,8,11-13H2,1-5H3,(H,24,25)(H,26,28)/b23-14+. The highest BCUT2D eigenvalue weighted by Crippen LogP contribution is 2.34. The van der Waals surface area contributed by atoms with E-state index < -0.39 is 0 Å². The van der Waals surface area contributed by atoms with E-state index in [4.69, 9.17) is 0 Å². The molecule has 2 N–H and O–H groups in total. The van der Waals surface area contributed by atoms with Crippen LogP contribution in [0.3, 0.4) is 0 Å². The van der Waals surface area contributed by atoms with Gasteiger partial charge in [-0.1, -0.05) is 32.9 Å². The molecule has 0 saturated heterocycles. The van der Waals surface area contributed by atoms with Crippen molar-refractivity contribution < 1.29 is 4.79 Å². The predicted molar refractivity (Wildman–Crippen MR) is 114 cm³/mol. The van der Waals surface area contributed by atoms with Crippen LogP contribution in [0, 0.1) is 11.3 Å². The second kappa shape index (κ2) is 8.17.